The predicted octanol–water partition coefficient (Wildman–Crippen LogP) is 4.27. The molecule has 158 valence electrons. The van der Waals surface area contributed by atoms with E-state index in [1.54, 1.807) is 0 Å². The summed E-state index contributed by atoms with van der Waals surface area (Å²) in [6.07, 6.45) is 5.97. The van der Waals surface area contributed by atoms with Crippen LogP contribution in [0.1, 0.15) is 68.9 Å². The number of H-pyrrole nitrogens is 1. The van der Waals surface area contributed by atoms with Crippen molar-refractivity contribution < 1.29 is 4.79 Å². The van der Waals surface area contributed by atoms with Crippen LogP contribution in [-0.2, 0) is 0 Å². The maximum Gasteiger partial charge on any atom is 0.254 e. The largest absolute Gasteiger partial charge is 0.361 e. The highest BCUT2D eigenvalue weighted by Gasteiger charge is 2.28. The van der Waals surface area contributed by atoms with Crippen molar-refractivity contribution in [1.82, 2.24) is 19.7 Å². The molecule has 0 spiro atoms. The van der Waals surface area contributed by atoms with Crippen molar-refractivity contribution in [3.63, 3.8) is 0 Å². The first-order chi connectivity index (χ1) is 14.0. The second kappa shape index (κ2) is 8.49. The van der Waals surface area contributed by atoms with Crippen molar-refractivity contribution in [3.8, 4) is 0 Å². The lowest BCUT2D eigenvalue weighted by Gasteiger charge is -2.38. The Labute approximate surface area is 175 Å². The third kappa shape index (κ3) is 4.08. The van der Waals surface area contributed by atoms with E-state index in [-0.39, 0.29) is 5.91 Å². The van der Waals surface area contributed by atoms with Gasteiger partial charge in [-0.3, -0.25) is 14.6 Å². The summed E-state index contributed by atoms with van der Waals surface area (Å²) in [5.41, 5.74) is 3.27. The molecule has 0 aliphatic carbocycles. The minimum atomic E-state index is 0.160. The number of hydrogen-bond donors (Lipinski definition) is 1. The summed E-state index contributed by atoms with van der Waals surface area (Å²) >= 11 is 0. The fraction of sp³-hybridized carbons (Fsp3) is 0.625. The van der Waals surface area contributed by atoms with Crippen LogP contribution in [0.3, 0.4) is 0 Å². The highest BCUT2D eigenvalue weighted by molar-refractivity contribution is 5.98. The van der Waals surface area contributed by atoms with Gasteiger partial charge in [0.25, 0.3) is 5.91 Å². The van der Waals surface area contributed by atoms with Gasteiger partial charge in [-0.25, -0.2) is 0 Å². The van der Waals surface area contributed by atoms with Gasteiger partial charge in [0, 0.05) is 67.0 Å². The van der Waals surface area contributed by atoms with E-state index in [1.807, 2.05) is 11.0 Å². The average molecular weight is 397 g/mol. The van der Waals surface area contributed by atoms with Gasteiger partial charge in [0.2, 0.25) is 0 Å². The Hall–Kier alpha value is -1.85. The van der Waals surface area contributed by atoms with Gasteiger partial charge in [-0.2, -0.15) is 0 Å². The van der Waals surface area contributed by atoms with Crippen molar-refractivity contribution >= 4 is 16.8 Å². The number of aromatic nitrogens is 1. The van der Waals surface area contributed by atoms with Gasteiger partial charge < -0.3 is 9.88 Å². The van der Waals surface area contributed by atoms with Crippen molar-refractivity contribution in [2.75, 3.05) is 32.7 Å². The number of carbonyl (C=O) groups is 1. The van der Waals surface area contributed by atoms with Gasteiger partial charge in [0.1, 0.15) is 0 Å². The number of fused-ring (bicyclic) bond motifs is 1. The number of amides is 1. The Morgan fingerprint density at radius 1 is 1.00 bits per heavy atom. The summed E-state index contributed by atoms with van der Waals surface area (Å²) in [5, 5.41) is 1.27. The van der Waals surface area contributed by atoms with Crippen LogP contribution in [0.4, 0.5) is 0 Å². The highest BCUT2D eigenvalue weighted by Crippen LogP contribution is 2.36. The van der Waals surface area contributed by atoms with E-state index in [0.29, 0.717) is 18.1 Å². The second-order valence-electron chi connectivity index (χ2n) is 9.27. The van der Waals surface area contributed by atoms with Gasteiger partial charge in [-0.05, 0) is 64.8 Å². The number of benzene rings is 1. The standard InChI is InChI=1S/C24H36N4O/c1-17(2)26-11-13-27(14-12-26)24(29)19-8-9-20-21(16-25-22(20)15-19)23-7-5-6-10-28(23)18(3)4/h8-9,15-18,23,25H,5-7,10-14H2,1-4H3. The molecule has 0 bridgehead atoms. The molecule has 1 atom stereocenters. The Bertz CT molecular complexity index is 848. The van der Waals surface area contributed by atoms with Crippen LogP contribution in [0, 0.1) is 0 Å². The van der Waals surface area contributed by atoms with E-state index in [1.165, 1.54) is 36.8 Å². The number of piperidine rings is 1. The summed E-state index contributed by atoms with van der Waals surface area (Å²) in [4.78, 5) is 23.6. The van der Waals surface area contributed by atoms with Crippen LogP contribution in [0.5, 0.6) is 0 Å². The van der Waals surface area contributed by atoms with Gasteiger partial charge in [-0.15, -0.1) is 0 Å². The number of likely N-dealkylation sites (tertiary alicyclic amines) is 1. The number of aromatic amines is 1. The number of nitrogens with zero attached hydrogens (tertiary/aromatic N) is 3. The Morgan fingerprint density at radius 3 is 2.45 bits per heavy atom. The number of hydrogen-bond acceptors (Lipinski definition) is 3. The van der Waals surface area contributed by atoms with Crippen molar-refractivity contribution in [2.45, 2.75) is 65.1 Å². The van der Waals surface area contributed by atoms with E-state index in [0.717, 1.165) is 37.3 Å². The number of carbonyl (C=O) groups excluding carboxylic acids is 1. The fourth-order valence-corrected chi connectivity index (χ4v) is 5.09. The molecular formula is C24H36N4O. The lowest BCUT2D eigenvalue weighted by Crippen LogP contribution is -2.50. The molecule has 1 amide bonds. The van der Waals surface area contributed by atoms with Crippen LogP contribution in [0.15, 0.2) is 24.4 Å². The molecule has 0 saturated carbocycles. The molecule has 5 heteroatoms. The Balaban J connectivity index is 1.53. The van der Waals surface area contributed by atoms with Crippen molar-refractivity contribution in [2.24, 2.45) is 0 Å². The van der Waals surface area contributed by atoms with E-state index in [2.05, 4.69) is 60.8 Å². The van der Waals surface area contributed by atoms with Gasteiger partial charge in [0.05, 0.1) is 0 Å². The average Bonchev–Trinajstić information content (AvgIpc) is 3.16. The lowest BCUT2D eigenvalue weighted by atomic mass is 9.93. The molecule has 0 radical (unpaired) electrons. The zero-order valence-corrected chi connectivity index (χ0v) is 18.4. The van der Waals surface area contributed by atoms with Crippen LogP contribution in [0.2, 0.25) is 0 Å². The molecule has 4 rings (SSSR count). The van der Waals surface area contributed by atoms with E-state index in [4.69, 9.17) is 0 Å². The minimum Gasteiger partial charge on any atom is -0.361 e. The summed E-state index contributed by atoms with van der Waals surface area (Å²) < 4.78 is 0. The quantitative estimate of drug-likeness (QED) is 0.839. The molecule has 2 aromatic rings. The van der Waals surface area contributed by atoms with Gasteiger partial charge in [-0.1, -0.05) is 12.5 Å². The molecule has 5 nitrogen and oxygen atoms in total. The van der Waals surface area contributed by atoms with Gasteiger partial charge >= 0.3 is 0 Å². The molecule has 2 saturated heterocycles. The van der Waals surface area contributed by atoms with Crippen LogP contribution >= 0.6 is 0 Å². The molecule has 3 heterocycles. The highest BCUT2D eigenvalue weighted by atomic mass is 16.2. The molecule has 29 heavy (non-hydrogen) atoms. The van der Waals surface area contributed by atoms with E-state index >= 15 is 0 Å². The predicted molar refractivity (Wildman–Crippen MR) is 119 cm³/mol. The molecular weight excluding hydrogens is 360 g/mol. The molecule has 1 aromatic heterocycles. The lowest BCUT2D eigenvalue weighted by molar-refractivity contribution is 0.0595. The van der Waals surface area contributed by atoms with Crippen LogP contribution < -0.4 is 0 Å². The molecule has 2 fully saturated rings. The number of piperazine rings is 1. The molecule has 2 aliphatic heterocycles. The molecule has 1 unspecified atom stereocenters. The maximum atomic E-state index is 13.1. The molecule has 1 N–H and O–H groups in total. The number of rotatable bonds is 4. The summed E-state index contributed by atoms with van der Waals surface area (Å²) in [7, 11) is 0. The normalized spacial score (nSPS) is 22.1. The summed E-state index contributed by atoms with van der Waals surface area (Å²) in [6, 6.07) is 7.81. The minimum absolute atomic E-state index is 0.160. The first-order valence-electron chi connectivity index (χ1n) is 11.4. The fourth-order valence-electron chi connectivity index (χ4n) is 5.09. The monoisotopic (exact) mass is 396 g/mol. The third-order valence-electron chi connectivity index (χ3n) is 6.86. The van der Waals surface area contributed by atoms with Crippen molar-refractivity contribution in [3.05, 3.63) is 35.5 Å². The number of nitrogens with one attached hydrogen (secondary N) is 1. The van der Waals surface area contributed by atoms with Crippen LogP contribution in [0.25, 0.3) is 10.9 Å². The zero-order valence-electron chi connectivity index (χ0n) is 18.4. The maximum absolute atomic E-state index is 13.1. The first-order valence-corrected chi connectivity index (χ1v) is 11.4. The van der Waals surface area contributed by atoms with E-state index in [9.17, 15) is 4.79 Å². The van der Waals surface area contributed by atoms with Gasteiger partial charge in [0.15, 0.2) is 0 Å². The smallest absolute Gasteiger partial charge is 0.254 e. The van der Waals surface area contributed by atoms with E-state index < -0.39 is 0 Å². The Kier molecular flexibility index (Phi) is 5.98. The topological polar surface area (TPSA) is 42.6 Å². The first kappa shape index (κ1) is 20.4. The third-order valence-corrected chi connectivity index (χ3v) is 6.86. The zero-order chi connectivity index (χ0) is 20.5. The Morgan fingerprint density at radius 2 is 1.76 bits per heavy atom. The van der Waals surface area contributed by atoms with Crippen molar-refractivity contribution in [1.29, 1.82) is 0 Å². The summed E-state index contributed by atoms with van der Waals surface area (Å²) in [5.74, 6) is 0.160. The molecule has 2 aliphatic rings. The van der Waals surface area contributed by atoms with Crippen LogP contribution in [-0.4, -0.2) is 70.4 Å². The SMILES string of the molecule is CC(C)N1CCN(C(=O)c2ccc3c(C4CCCCN4C(C)C)c[nH]c3c2)CC1. The summed E-state index contributed by atoms with van der Waals surface area (Å²) in [6.45, 7) is 13.8. The molecule has 1 aromatic carbocycles. The second-order valence-corrected chi connectivity index (χ2v) is 9.27.